The summed E-state index contributed by atoms with van der Waals surface area (Å²) in [4.78, 5) is 4.20. The third-order valence-corrected chi connectivity index (χ3v) is 3.08. The number of alkyl halides is 3. The van der Waals surface area contributed by atoms with E-state index in [0.29, 0.717) is 24.9 Å². The number of hydrogen-bond acceptors (Lipinski definition) is 6. The van der Waals surface area contributed by atoms with Gasteiger partial charge in [0, 0.05) is 12.5 Å². The molecule has 1 aromatic heterocycles. The summed E-state index contributed by atoms with van der Waals surface area (Å²) in [5, 5.41) is 7.03. The lowest BCUT2D eigenvalue weighted by Crippen LogP contribution is -2.34. The van der Waals surface area contributed by atoms with Gasteiger partial charge in [-0.3, -0.25) is 0 Å². The summed E-state index contributed by atoms with van der Waals surface area (Å²) in [6.07, 6.45) is -4.14. The van der Waals surface area contributed by atoms with E-state index >= 15 is 0 Å². The van der Waals surface area contributed by atoms with Gasteiger partial charge in [-0.1, -0.05) is 12.1 Å². The Balaban J connectivity index is 1.81. The van der Waals surface area contributed by atoms with Crippen molar-refractivity contribution >= 4 is 0 Å². The molecule has 6 nitrogen and oxygen atoms in total. The van der Waals surface area contributed by atoms with E-state index in [9.17, 15) is 13.2 Å². The molecule has 2 rings (SSSR count). The van der Waals surface area contributed by atoms with E-state index in [4.69, 9.17) is 9.26 Å². The molecule has 1 aliphatic heterocycles. The van der Waals surface area contributed by atoms with Gasteiger partial charge >= 0.3 is 6.18 Å². The summed E-state index contributed by atoms with van der Waals surface area (Å²) in [6.45, 7) is 2.49. The Morgan fingerprint density at radius 1 is 1.38 bits per heavy atom. The quantitative estimate of drug-likeness (QED) is 0.765. The fraction of sp³-hybridized carbons (Fsp3) is 0.833. The van der Waals surface area contributed by atoms with Crippen LogP contribution in [0.5, 0.6) is 0 Å². The van der Waals surface area contributed by atoms with Crippen LogP contribution in [0, 0.1) is 0 Å². The van der Waals surface area contributed by atoms with Crippen molar-refractivity contribution in [2.75, 3.05) is 33.0 Å². The number of likely N-dealkylation sites (N-methyl/N-ethyl adjacent to an activating group) is 1. The molecule has 0 aromatic carbocycles. The maximum absolute atomic E-state index is 11.9. The van der Waals surface area contributed by atoms with Crippen LogP contribution in [0.2, 0.25) is 0 Å². The molecular formula is C12H18F3N3O3. The second-order valence-electron chi connectivity index (χ2n) is 4.77. The molecule has 9 heteroatoms. The molecule has 21 heavy (non-hydrogen) atoms. The third kappa shape index (κ3) is 4.94. The Morgan fingerprint density at radius 2 is 2.19 bits per heavy atom. The van der Waals surface area contributed by atoms with Crippen molar-refractivity contribution in [1.82, 2.24) is 15.5 Å². The van der Waals surface area contributed by atoms with Crippen LogP contribution < -0.4 is 5.32 Å². The summed E-state index contributed by atoms with van der Waals surface area (Å²) < 4.78 is 50.8. The number of nitrogens with zero attached hydrogens (tertiary/aromatic N) is 2. The lowest BCUT2D eigenvalue weighted by molar-refractivity contribution is -0.173. The molecule has 1 saturated heterocycles. The van der Waals surface area contributed by atoms with E-state index in [0.717, 1.165) is 6.54 Å². The Labute approximate surface area is 120 Å². The highest BCUT2D eigenvalue weighted by atomic mass is 19.4. The van der Waals surface area contributed by atoms with Crippen molar-refractivity contribution in [2.24, 2.45) is 0 Å². The minimum atomic E-state index is -4.32. The van der Waals surface area contributed by atoms with E-state index in [1.807, 2.05) is 6.92 Å². The molecule has 2 atom stereocenters. The van der Waals surface area contributed by atoms with Gasteiger partial charge in [0.25, 0.3) is 0 Å². The van der Waals surface area contributed by atoms with Gasteiger partial charge < -0.3 is 19.3 Å². The lowest BCUT2D eigenvalue weighted by Gasteiger charge is -2.13. The highest BCUT2D eigenvalue weighted by molar-refractivity contribution is 5.02. The zero-order valence-corrected chi connectivity index (χ0v) is 11.7. The van der Waals surface area contributed by atoms with Crippen molar-refractivity contribution in [3.63, 3.8) is 0 Å². The monoisotopic (exact) mass is 309 g/mol. The largest absolute Gasteiger partial charge is 0.411 e. The average Bonchev–Trinajstić information content (AvgIpc) is 3.02. The Morgan fingerprint density at radius 3 is 2.90 bits per heavy atom. The third-order valence-electron chi connectivity index (χ3n) is 3.08. The molecule has 120 valence electrons. The number of hydrogen-bond donors (Lipinski definition) is 1. The maximum atomic E-state index is 11.9. The average molecular weight is 309 g/mol. The van der Waals surface area contributed by atoms with Gasteiger partial charge in [0.05, 0.1) is 25.7 Å². The van der Waals surface area contributed by atoms with Crippen molar-refractivity contribution < 1.29 is 27.2 Å². The predicted molar refractivity (Wildman–Crippen MR) is 65.9 cm³/mol. The number of nitrogens with one attached hydrogen (secondary N) is 1. The topological polar surface area (TPSA) is 69.4 Å². The van der Waals surface area contributed by atoms with Gasteiger partial charge in [-0.2, -0.15) is 18.2 Å². The SMILES string of the molecule is CCNC1COCC1c1nc(CCOCC(F)(F)F)no1. The normalized spacial score (nSPS) is 22.9. The molecule has 0 saturated carbocycles. The number of rotatable bonds is 7. The second kappa shape index (κ2) is 7.19. The van der Waals surface area contributed by atoms with Crippen molar-refractivity contribution in [1.29, 1.82) is 0 Å². The lowest BCUT2D eigenvalue weighted by atomic mass is 10.0. The van der Waals surface area contributed by atoms with Crippen LogP contribution in [0.25, 0.3) is 0 Å². The minimum Gasteiger partial charge on any atom is -0.379 e. The molecule has 1 aromatic rings. The molecule has 0 spiro atoms. The summed E-state index contributed by atoms with van der Waals surface area (Å²) in [5.74, 6) is 0.765. The number of halogens is 3. The van der Waals surface area contributed by atoms with Gasteiger partial charge in [0.1, 0.15) is 6.61 Å². The molecule has 2 unspecified atom stereocenters. The van der Waals surface area contributed by atoms with Gasteiger partial charge in [-0.05, 0) is 6.54 Å². The van der Waals surface area contributed by atoms with Gasteiger partial charge in [-0.15, -0.1) is 0 Å². The Bertz CT molecular complexity index is 439. The van der Waals surface area contributed by atoms with E-state index in [1.165, 1.54) is 0 Å². The van der Waals surface area contributed by atoms with E-state index < -0.39 is 12.8 Å². The fourth-order valence-electron chi connectivity index (χ4n) is 2.13. The van der Waals surface area contributed by atoms with Crippen LogP contribution in [0.1, 0.15) is 24.6 Å². The van der Waals surface area contributed by atoms with Crippen molar-refractivity contribution in [2.45, 2.75) is 31.5 Å². The van der Waals surface area contributed by atoms with Crippen LogP contribution >= 0.6 is 0 Å². The van der Waals surface area contributed by atoms with E-state index in [1.54, 1.807) is 0 Å². The van der Waals surface area contributed by atoms with Crippen LogP contribution in [0.3, 0.4) is 0 Å². The predicted octanol–water partition coefficient (Wildman–Crippen LogP) is 1.28. The zero-order valence-electron chi connectivity index (χ0n) is 11.7. The fourth-order valence-corrected chi connectivity index (χ4v) is 2.13. The highest BCUT2D eigenvalue weighted by Crippen LogP contribution is 2.24. The van der Waals surface area contributed by atoms with E-state index in [-0.39, 0.29) is 25.0 Å². The molecule has 1 aliphatic rings. The summed E-state index contributed by atoms with van der Waals surface area (Å²) in [5.41, 5.74) is 0. The molecule has 0 radical (unpaired) electrons. The highest BCUT2D eigenvalue weighted by Gasteiger charge is 2.33. The van der Waals surface area contributed by atoms with Gasteiger partial charge in [0.2, 0.25) is 5.89 Å². The smallest absolute Gasteiger partial charge is 0.379 e. The molecule has 0 aliphatic carbocycles. The standard InChI is InChI=1S/C12H18F3N3O3/c1-2-16-9-6-20-5-8(9)11-17-10(18-21-11)3-4-19-7-12(13,14)15/h8-9,16H,2-7H2,1H3. The first-order valence-corrected chi connectivity index (χ1v) is 6.77. The van der Waals surface area contributed by atoms with E-state index in [2.05, 4.69) is 20.2 Å². The molecule has 1 N–H and O–H groups in total. The van der Waals surface area contributed by atoms with Crippen molar-refractivity contribution in [3.05, 3.63) is 11.7 Å². The second-order valence-corrected chi connectivity index (χ2v) is 4.77. The first-order chi connectivity index (χ1) is 9.99. The van der Waals surface area contributed by atoms with Crippen molar-refractivity contribution in [3.8, 4) is 0 Å². The van der Waals surface area contributed by atoms with Crippen LogP contribution in [0.15, 0.2) is 4.52 Å². The Kier molecular flexibility index (Phi) is 5.54. The molecule has 1 fully saturated rings. The zero-order chi connectivity index (χ0) is 15.3. The molecular weight excluding hydrogens is 291 g/mol. The molecule has 0 bridgehead atoms. The molecule has 2 heterocycles. The van der Waals surface area contributed by atoms with Crippen LogP contribution in [-0.2, 0) is 15.9 Å². The number of aromatic nitrogens is 2. The maximum Gasteiger partial charge on any atom is 0.411 e. The summed E-state index contributed by atoms with van der Waals surface area (Å²) in [7, 11) is 0. The summed E-state index contributed by atoms with van der Waals surface area (Å²) >= 11 is 0. The first-order valence-electron chi connectivity index (χ1n) is 6.77. The first kappa shape index (κ1) is 16.2. The number of ether oxygens (including phenoxy) is 2. The summed E-state index contributed by atoms with van der Waals surface area (Å²) in [6, 6.07) is 0.116. The van der Waals surface area contributed by atoms with Gasteiger partial charge in [0.15, 0.2) is 5.82 Å². The van der Waals surface area contributed by atoms with Gasteiger partial charge in [-0.25, -0.2) is 0 Å². The minimum absolute atomic E-state index is 0.0257. The molecule has 0 amide bonds. The Hall–Kier alpha value is -1.19. The van der Waals surface area contributed by atoms with Crippen LogP contribution in [0.4, 0.5) is 13.2 Å². The van der Waals surface area contributed by atoms with Crippen LogP contribution in [-0.4, -0.2) is 55.3 Å².